The molecule has 0 spiro atoms. The molecule has 1 aromatic heterocycles. The summed E-state index contributed by atoms with van der Waals surface area (Å²) in [7, 11) is 1.80. The van der Waals surface area contributed by atoms with Gasteiger partial charge in [-0.05, 0) is 24.6 Å². The van der Waals surface area contributed by atoms with Gasteiger partial charge in [-0.1, -0.05) is 24.6 Å². The van der Waals surface area contributed by atoms with Gasteiger partial charge in [0.05, 0.1) is 12.1 Å². The van der Waals surface area contributed by atoms with E-state index in [1.807, 2.05) is 32.0 Å². The molecule has 0 bridgehead atoms. The van der Waals surface area contributed by atoms with Gasteiger partial charge in [0.15, 0.2) is 5.13 Å². The second-order valence-electron chi connectivity index (χ2n) is 4.94. The van der Waals surface area contributed by atoms with Gasteiger partial charge in [0, 0.05) is 28.4 Å². The summed E-state index contributed by atoms with van der Waals surface area (Å²) in [4.78, 5) is 16.5. The molecule has 0 aliphatic carbocycles. The molecule has 1 unspecified atom stereocenters. The van der Waals surface area contributed by atoms with Crippen LogP contribution in [-0.2, 0) is 4.79 Å². The lowest BCUT2D eigenvalue weighted by Gasteiger charge is -2.10. The van der Waals surface area contributed by atoms with E-state index >= 15 is 0 Å². The molecule has 0 aliphatic rings. The highest BCUT2D eigenvalue weighted by Crippen LogP contribution is 2.39. The van der Waals surface area contributed by atoms with Gasteiger partial charge in [0.25, 0.3) is 0 Å². The standard InChI is InChI=1S/C15H17ClN2O2S/c1-8-4-5-10(16)7-11(8)13-14(9(2)6-12(19)20)21-15(17-3)18-13/h4-5,7,9H,6H2,1-3H3,(H,17,18)(H,19,20). The number of hydrogen-bond donors (Lipinski definition) is 2. The molecule has 0 aliphatic heterocycles. The highest BCUT2D eigenvalue weighted by atomic mass is 35.5. The number of carbonyl (C=O) groups is 1. The fraction of sp³-hybridized carbons (Fsp3) is 0.333. The minimum absolute atomic E-state index is 0.0813. The van der Waals surface area contributed by atoms with Crippen molar-refractivity contribution in [3.05, 3.63) is 33.7 Å². The number of carboxylic acids is 1. The molecule has 0 fully saturated rings. The van der Waals surface area contributed by atoms with E-state index in [2.05, 4.69) is 10.3 Å². The zero-order valence-electron chi connectivity index (χ0n) is 12.1. The summed E-state index contributed by atoms with van der Waals surface area (Å²) < 4.78 is 0. The minimum atomic E-state index is -0.810. The van der Waals surface area contributed by atoms with E-state index in [-0.39, 0.29) is 12.3 Å². The molecule has 0 saturated carbocycles. The van der Waals surface area contributed by atoms with Crippen LogP contribution in [0.4, 0.5) is 5.13 Å². The van der Waals surface area contributed by atoms with E-state index in [0.717, 1.165) is 26.8 Å². The zero-order valence-corrected chi connectivity index (χ0v) is 13.7. The maximum atomic E-state index is 11.0. The first kappa shape index (κ1) is 15.8. The molecule has 112 valence electrons. The summed E-state index contributed by atoms with van der Waals surface area (Å²) in [5, 5.41) is 13.5. The van der Waals surface area contributed by atoms with Crippen molar-refractivity contribution in [2.45, 2.75) is 26.2 Å². The Morgan fingerprint density at radius 2 is 2.24 bits per heavy atom. The first-order valence-corrected chi connectivity index (χ1v) is 7.78. The number of aryl methyl sites for hydroxylation is 1. The second kappa shape index (κ2) is 6.45. The zero-order chi connectivity index (χ0) is 15.6. The van der Waals surface area contributed by atoms with Crippen LogP contribution < -0.4 is 5.32 Å². The Balaban J connectivity index is 2.54. The number of halogens is 1. The number of nitrogens with one attached hydrogen (secondary N) is 1. The fourth-order valence-corrected chi connectivity index (χ4v) is 3.33. The molecule has 1 atom stereocenters. The molecule has 2 rings (SSSR count). The van der Waals surface area contributed by atoms with Crippen LogP contribution >= 0.6 is 22.9 Å². The average Bonchev–Trinajstić information content (AvgIpc) is 2.85. The Hall–Kier alpha value is -1.59. The first-order valence-electron chi connectivity index (χ1n) is 6.59. The second-order valence-corrected chi connectivity index (χ2v) is 6.41. The van der Waals surface area contributed by atoms with Crippen molar-refractivity contribution in [1.29, 1.82) is 0 Å². The predicted octanol–water partition coefficient (Wildman–Crippen LogP) is 4.39. The quantitative estimate of drug-likeness (QED) is 0.856. The van der Waals surface area contributed by atoms with Crippen molar-refractivity contribution < 1.29 is 9.90 Å². The molecule has 6 heteroatoms. The van der Waals surface area contributed by atoms with Crippen LogP contribution in [0.15, 0.2) is 18.2 Å². The van der Waals surface area contributed by atoms with Crippen LogP contribution in [0.25, 0.3) is 11.3 Å². The molecule has 2 aromatic rings. The molecule has 4 nitrogen and oxygen atoms in total. The number of nitrogens with zero attached hydrogens (tertiary/aromatic N) is 1. The van der Waals surface area contributed by atoms with E-state index in [1.165, 1.54) is 11.3 Å². The van der Waals surface area contributed by atoms with Gasteiger partial charge >= 0.3 is 5.97 Å². The third-order valence-electron chi connectivity index (χ3n) is 3.25. The van der Waals surface area contributed by atoms with E-state index in [0.29, 0.717) is 5.02 Å². The minimum Gasteiger partial charge on any atom is -0.481 e. The molecular weight excluding hydrogens is 308 g/mol. The maximum absolute atomic E-state index is 11.0. The number of benzene rings is 1. The number of aromatic nitrogens is 1. The van der Waals surface area contributed by atoms with Gasteiger partial charge in [0.2, 0.25) is 0 Å². The first-order chi connectivity index (χ1) is 9.92. The summed E-state index contributed by atoms with van der Waals surface area (Å²) >= 11 is 7.58. The van der Waals surface area contributed by atoms with Crippen LogP contribution in [0, 0.1) is 6.92 Å². The molecule has 1 heterocycles. The molecular formula is C15H17ClN2O2S. The van der Waals surface area contributed by atoms with Crippen molar-refractivity contribution in [3.63, 3.8) is 0 Å². The smallest absolute Gasteiger partial charge is 0.303 e. The third-order valence-corrected chi connectivity index (χ3v) is 4.79. The van der Waals surface area contributed by atoms with Gasteiger partial charge in [-0.25, -0.2) is 4.98 Å². The van der Waals surface area contributed by atoms with Crippen LogP contribution in [0.1, 0.15) is 29.7 Å². The number of rotatable bonds is 5. The average molecular weight is 325 g/mol. The normalized spacial score (nSPS) is 12.2. The molecule has 2 N–H and O–H groups in total. The lowest BCUT2D eigenvalue weighted by molar-refractivity contribution is -0.137. The van der Waals surface area contributed by atoms with Gasteiger partial charge in [0.1, 0.15) is 0 Å². The van der Waals surface area contributed by atoms with Gasteiger partial charge in [-0.3, -0.25) is 4.79 Å². The van der Waals surface area contributed by atoms with Crippen LogP contribution in [-0.4, -0.2) is 23.1 Å². The highest BCUT2D eigenvalue weighted by molar-refractivity contribution is 7.16. The Labute approximate surface area is 132 Å². The van der Waals surface area contributed by atoms with Crippen molar-refractivity contribution >= 4 is 34.0 Å². The number of thiazole rings is 1. The van der Waals surface area contributed by atoms with Crippen molar-refractivity contribution in [3.8, 4) is 11.3 Å². The maximum Gasteiger partial charge on any atom is 0.303 e. The van der Waals surface area contributed by atoms with Crippen molar-refractivity contribution in [1.82, 2.24) is 4.98 Å². The largest absolute Gasteiger partial charge is 0.481 e. The number of hydrogen-bond acceptors (Lipinski definition) is 4. The lowest BCUT2D eigenvalue weighted by Crippen LogP contribution is -2.02. The summed E-state index contributed by atoms with van der Waals surface area (Å²) in [5.74, 6) is -0.911. The Kier molecular flexibility index (Phi) is 4.85. The Bertz CT molecular complexity index is 670. The van der Waals surface area contributed by atoms with E-state index in [9.17, 15) is 4.79 Å². The summed E-state index contributed by atoms with van der Waals surface area (Å²) in [6.07, 6.45) is 0.0813. The highest BCUT2D eigenvalue weighted by Gasteiger charge is 2.21. The molecule has 21 heavy (non-hydrogen) atoms. The van der Waals surface area contributed by atoms with Crippen LogP contribution in [0.2, 0.25) is 5.02 Å². The molecule has 0 amide bonds. The lowest BCUT2D eigenvalue weighted by atomic mass is 9.98. The monoisotopic (exact) mass is 324 g/mol. The predicted molar refractivity (Wildman–Crippen MR) is 87.5 cm³/mol. The summed E-state index contributed by atoms with van der Waals surface area (Å²) in [6, 6.07) is 5.66. The van der Waals surface area contributed by atoms with E-state index in [4.69, 9.17) is 16.7 Å². The molecule has 0 saturated heterocycles. The topological polar surface area (TPSA) is 62.2 Å². The number of anilines is 1. The Morgan fingerprint density at radius 1 is 1.52 bits per heavy atom. The van der Waals surface area contributed by atoms with Gasteiger partial charge in [-0.2, -0.15) is 0 Å². The van der Waals surface area contributed by atoms with E-state index in [1.54, 1.807) is 7.05 Å². The van der Waals surface area contributed by atoms with Crippen LogP contribution in [0.5, 0.6) is 0 Å². The van der Waals surface area contributed by atoms with Crippen LogP contribution in [0.3, 0.4) is 0 Å². The van der Waals surface area contributed by atoms with Crippen molar-refractivity contribution in [2.75, 3.05) is 12.4 Å². The molecule has 1 aromatic carbocycles. The van der Waals surface area contributed by atoms with Gasteiger partial charge < -0.3 is 10.4 Å². The third kappa shape index (κ3) is 3.54. The molecule has 0 radical (unpaired) electrons. The Morgan fingerprint density at radius 3 is 2.86 bits per heavy atom. The number of carboxylic acid groups (broad SMARTS) is 1. The van der Waals surface area contributed by atoms with Gasteiger partial charge in [-0.15, -0.1) is 11.3 Å². The number of aliphatic carboxylic acids is 1. The summed E-state index contributed by atoms with van der Waals surface area (Å²) in [6.45, 7) is 3.90. The SMILES string of the molecule is CNc1nc(-c2cc(Cl)ccc2C)c(C(C)CC(=O)O)s1. The fourth-order valence-electron chi connectivity index (χ4n) is 2.17. The van der Waals surface area contributed by atoms with Crippen molar-refractivity contribution in [2.24, 2.45) is 0 Å². The summed E-state index contributed by atoms with van der Waals surface area (Å²) in [5.41, 5.74) is 2.83. The van der Waals surface area contributed by atoms with E-state index < -0.39 is 5.97 Å².